The molecule has 1 amide bonds. The van der Waals surface area contributed by atoms with Crippen molar-refractivity contribution in [2.45, 2.75) is 51.7 Å². The molecule has 0 spiro atoms. The summed E-state index contributed by atoms with van der Waals surface area (Å²) in [6.07, 6.45) is 2.81. The predicted molar refractivity (Wildman–Crippen MR) is 118 cm³/mol. The second-order valence-corrected chi connectivity index (χ2v) is 9.14. The van der Waals surface area contributed by atoms with E-state index in [1.54, 1.807) is 6.20 Å². The van der Waals surface area contributed by atoms with E-state index in [-0.39, 0.29) is 19.0 Å². The molecule has 1 aliphatic rings. The molecule has 0 saturated carbocycles. The molecule has 3 heterocycles. The fourth-order valence-electron chi connectivity index (χ4n) is 3.14. The minimum Gasteiger partial charge on any atom is -0.481 e. The number of aliphatic carboxylic acids is 1. The van der Waals surface area contributed by atoms with Crippen molar-refractivity contribution in [3.63, 3.8) is 0 Å². The zero-order chi connectivity index (χ0) is 22.4. The summed E-state index contributed by atoms with van der Waals surface area (Å²) in [5.41, 5.74) is 0.161. The van der Waals surface area contributed by atoms with Crippen LogP contribution in [-0.4, -0.2) is 63.4 Å². The van der Waals surface area contributed by atoms with Crippen molar-refractivity contribution in [1.82, 2.24) is 20.3 Å². The van der Waals surface area contributed by atoms with Crippen molar-refractivity contribution in [2.75, 3.05) is 29.9 Å². The third-order valence-corrected chi connectivity index (χ3v) is 5.32. The summed E-state index contributed by atoms with van der Waals surface area (Å²) in [6, 6.07) is 1.93. The zero-order valence-corrected chi connectivity index (χ0v) is 18.7. The third-order valence-electron chi connectivity index (χ3n) is 4.53. The first-order valence-corrected chi connectivity index (χ1v) is 11.1. The molecule has 3 rings (SSSR count). The Morgan fingerprint density at radius 2 is 2.03 bits per heavy atom. The minimum atomic E-state index is -0.886. The molecule has 0 atom stereocenters. The standard InChI is InChI=1S/C20H28N6O4S/c1-20(2,3)30-19(29)23-13-5-9-26(10-6-13)15-12-14(17-21-8-11-31-17)24-18(25-15)22-7-4-16(27)28/h8,11-13H,4-7,9-10H2,1-3H3,(H,23,29)(H,27,28)(H,22,24,25). The van der Waals surface area contributed by atoms with Crippen LogP contribution in [0.5, 0.6) is 0 Å². The summed E-state index contributed by atoms with van der Waals surface area (Å²) in [5, 5.41) is 17.4. The van der Waals surface area contributed by atoms with Crippen molar-refractivity contribution in [1.29, 1.82) is 0 Å². The van der Waals surface area contributed by atoms with Gasteiger partial charge in [0.25, 0.3) is 0 Å². The summed E-state index contributed by atoms with van der Waals surface area (Å²) in [5.74, 6) is 0.232. The lowest BCUT2D eigenvalue weighted by Gasteiger charge is -2.33. The Bertz CT molecular complexity index is 892. The van der Waals surface area contributed by atoms with E-state index in [9.17, 15) is 9.59 Å². The zero-order valence-electron chi connectivity index (χ0n) is 17.9. The number of alkyl carbamates (subject to hydrolysis) is 1. The number of nitrogens with one attached hydrogen (secondary N) is 2. The van der Waals surface area contributed by atoms with E-state index in [1.807, 2.05) is 32.2 Å². The van der Waals surface area contributed by atoms with Gasteiger partial charge >= 0.3 is 12.1 Å². The second kappa shape index (κ2) is 9.90. The SMILES string of the molecule is CC(C)(C)OC(=O)NC1CCN(c2cc(-c3nccs3)nc(NCCC(=O)O)n2)CC1. The average molecular weight is 449 g/mol. The molecule has 10 nitrogen and oxygen atoms in total. The van der Waals surface area contributed by atoms with E-state index >= 15 is 0 Å². The summed E-state index contributed by atoms with van der Waals surface area (Å²) in [7, 11) is 0. The van der Waals surface area contributed by atoms with Gasteiger partial charge in [-0.1, -0.05) is 0 Å². The fourth-order valence-corrected chi connectivity index (χ4v) is 3.74. The van der Waals surface area contributed by atoms with Crippen molar-refractivity contribution in [3.8, 4) is 10.7 Å². The highest BCUT2D eigenvalue weighted by atomic mass is 32.1. The van der Waals surface area contributed by atoms with Crippen molar-refractivity contribution < 1.29 is 19.4 Å². The number of thiazole rings is 1. The monoisotopic (exact) mass is 448 g/mol. The van der Waals surface area contributed by atoms with E-state index in [4.69, 9.17) is 9.84 Å². The van der Waals surface area contributed by atoms with E-state index in [0.29, 0.717) is 24.7 Å². The molecule has 0 radical (unpaired) electrons. The minimum absolute atomic E-state index is 0.0259. The molecule has 1 fully saturated rings. The average Bonchev–Trinajstić information content (AvgIpc) is 3.21. The van der Waals surface area contributed by atoms with Crippen LogP contribution in [0.4, 0.5) is 16.6 Å². The van der Waals surface area contributed by atoms with Gasteiger partial charge in [0.1, 0.15) is 22.1 Å². The summed E-state index contributed by atoms with van der Waals surface area (Å²) >= 11 is 1.48. The molecule has 168 valence electrons. The van der Waals surface area contributed by atoms with Gasteiger partial charge in [0.05, 0.1) is 6.42 Å². The van der Waals surface area contributed by atoms with Crippen molar-refractivity contribution >= 4 is 35.2 Å². The first kappa shape index (κ1) is 22.7. The first-order valence-electron chi connectivity index (χ1n) is 10.2. The number of carbonyl (C=O) groups is 2. The largest absolute Gasteiger partial charge is 0.481 e. The number of carbonyl (C=O) groups excluding carboxylic acids is 1. The normalized spacial score (nSPS) is 14.9. The Kier molecular flexibility index (Phi) is 7.26. The van der Waals surface area contributed by atoms with Crippen molar-refractivity contribution in [2.24, 2.45) is 0 Å². The van der Waals surface area contributed by atoms with Crippen LogP contribution in [0.15, 0.2) is 17.6 Å². The number of piperidine rings is 1. The van der Waals surface area contributed by atoms with Gasteiger partial charge in [-0.05, 0) is 33.6 Å². The molecule has 31 heavy (non-hydrogen) atoms. The topological polar surface area (TPSA) is 130 Å². The smallest absolute Gasteiger partial charge is 0.407 e. The van der Waals surface area contributed by atoms with Crippen LogP contribution in [-0.2, 0) is 9.53 Å². The molecule has 0 unspecified atom stereocenters. The molecule has 2 aromatic rings. The maximum atomic E-state index is 12.0. The Morgan fingerprint density at radius 3 is 2.65 bits per heavy atom. The van der Waals surface area contributed by atoms with E-state index < -0.39 is 17.7 Å². The van der Waals surface area contributed by atoms with Gasteiger partial charge in [-0.3, -0.25) is 4.79 Å². The van der Waals surface area contributed by atoms with Gasteiger partial charge in [0.15, 0.2) is 0 Å². The number of amides is 1. The Balaban J connectivity index is 1.67. The van der Waals surface area contributed by atoms with Gasteiger partial charge in [-0.2, -0.15) is 4.98 Å². The number of aromatic nitrogens is 3. The third kappa shape index (κ3) is 7.06. The van der Waals surface area contributed by atoms with Crippen LogP contribution >= 0.6 is 11.3 Å². The Labute approximate surface area is 185 Å². The first-order chi connectivity index (χ1) is 14.7. The maximum Gasteiger partial charge on any atom is 0.407 e. The second-order valence-electron chi connectivity index (χ2n) is 8.25. The number of anilines is 2. The number of hydrogen-bond acceptors (Lipinski definition) is 9. The number of rotatable bonds is 7. The van der Waals surface area contributed by atoms with Gasteiger partial charge in [-0.25, -0.2) is 14.8 Å². The number of carboxylic acid groups (broad SMARTS) is 1. The summed E-state index contributed by atoms with van der Waals surface area (Å²) < 4.78 is 5.34. The van der Waals surface area contributed by atoms with Gasteiger partial charge in [0, 0.05) is 43.3 Å². The van der Waals surface area contributed by atoms with Crippen LogP contribution in [0.2, 0.25) is 0 Å². The van der Waals surface area contributed by atoms with Gasteiger partial charge in [0.2, 0.25) is 5.95 Å². The maximum absolute atomic E-state index is 12.0. The highest BCUT2D eigenvalue weighted by Crippen LogP contribution is 2.27. The fraction of sp³-hybridized carbons (Fsp3) is 0.550. The van der Waals surface area contributed by atoms with Crippen LogP contribution in [0, 0.1) is 0 Å². The molecule has 0 aromatic carbocycles. The van der Waals surface area contributed by atoms with Crippen LogP contribution in [0.25, 0.3) is 10.7 Å². The number of carboxylic acids is 1. The predicted octanol–water partition coefficient (Wildman–Crippen LogP) is 2.98. The molecule has 0 bridgehead atoms. The Hall–Kier alpha value is -2.95. The molecular weight excluding hydrogens is 420 g/mol. The summed E-state index contributed by atoms with van der Waals surface area (Å²) in [4.78, 5) is 38.3. The lowest BCUT2D eigenvalue weighted by Crippen LogP contribution is -2.46. The van der Waals surface area contributed by atoms with Gasteiger partial charge in [-0.15, -0.1) is 11.3 Å². The van der Waals surface area contributed by atoms with Crippen LogP contribution < -0.4 is 15.5 Å². The number of nitrogens with zero attached hydrogens (tertiary/aromatic N) is 4. The highest BCUT2D eigenvalue weighted by molar-refractivity contribution is 7.13. The molecule has 1 aliphatic heterocycles. The van der Waals surface area contributed by atoms with E-state index in [1.165, 1.54) is 11.3 Å². The molecule has 1 saturated heterocycles. The molecule has 2 aromatic heterocycles. The lowest BCUT2D eigenvalue weighted by atomic mass is 10.1. The molecular formula is C20H28N6O4S. The van der Waals surface area contributed by atoms with Gasteiger partial charge < -0.3 is 25.4 Å². The number of ether oxygens (including phenoxy) is 1. The van der Waals surface area contributed by atoms with E-state index in [2.05, 4.69) is 30.5 Å². The lowest BCUT2D eigenvalue weighted by molar-refractivity contribution is -0.136. The Morgan fingerprint density at radius 1 is 1.29 bits per heavy atom. The highest BCUT2D eigenvalue weighted by Gasteiger charge is 2.25. The van der Waals surface area contributed by atoms with Crippen LogP contribution in [0.1, 0.15) is 40.0 Å². The summed E-state index contributed by atoms with van der Waals surface area (Å²) in [6.45, 7) is 7.18. The number of hydrogen-bond donors (Lipinski definition) is 3. The van der Waals surface area contributed by atoms with Crippen LogP contribution in [0.3, 0.4) is 0 Å². The molecule has 11 heteroatoms. The quantitative estimate of drug-likeness (QED) is 0.585. The van der Waals surface area contributed by atoms with E-state index in [0.717, 1.165) is 23.7 Å². The molecule has 3 N–H and O–H groups in total. The molecule has 0 aliphatic carbocycles. The van der Waals surface area contributed by atoms with Crippen molar-refractivity contribution in [3.05, 3.63) is 17.6 Å².